The van der Waals surface area contributed by atoms with Crippen molar-refractivity contribution in [3.8, 4) is 11.5 Å². The quantitative estimate of drug-likeness (QED) is 0.628. The molecule has 0 radical (unpaired) electrons. The number of benzene rings is 1. The fourth-order valence-electron chi connectivity index (χ4n) is 1.42. The third-order valence-electron chi connectivity index (χ3n) is 2.53. The van der Waals surface area contributed by atoms with Gasteiger partial charge in [-0.15, -0.1) is 0 Å². The lowest BCUT2D eigenvalue weighted by atomic mass is 10.0. The summed E-state index contributed by atoms with van der Waals surface area (Å²) in [5, 5.41) is 28.0. The lowest BCUT2D eigenvalue weighted by Gasteiger charge is -2.10. The summed E-state index contributed by atoms with van der Waals surface area (Å²) in [6.07, 6.45) is 1.63. The molecular formula is C10H11FO3. The molecule has 0 aromatic heterocycles. The molecule has 76 valence electrons. The van der Waals surface area contributed by atoms with Crippen molar-refractivity contribution >= 4 is 0 Å². The molecule has 0 atom stereocenters. The van der Waals surface area contributed by atoms with Crippen LogP contribution in [-0.2, 0) is 6.42 Å². The zero-order valence-corrected chi connectivity index (χ0v) is 7.50. The average molecular weight is 198 g/mol. The molecular weight excluding hydrogens is 187 g/mol. The normalized spacial score (nSPS) is 18.1. The number of halogens is 1. The van der Waals surface area contributed by atoms with E-state index in [0.717, 1.165) is 6.07 Å². The summed E-state index contributed by atoms with van der Waals surface area (Å²) >= 11 is 0. The van der Waals surface area contributed by atoms with Crippen LogP contribution in [0.3, 0.4) is 0 Å². The molecule has 0 heterocycles. The van der Waals surface area contributed by atoms with Crippen molar-refractivity contribution in [2.45, 2.75) is 24.9 Å². The molecule has 4 heteroatoms. The molecule has 1 fully saturated rings. The summed E-state index contributed by atoms with van der Waals surface area (Å²) in [4.78, 5) is 0. The van der Waals surface area contributed by atoms with Gasteiger partial charge >= 0.3 is 0 Å². The number of hydrogen-bond donors (Lipinski definition) is 3. The smallest absolute Gasteiger partial charge is 0.194 e. The minimum absolute atomic E-state index is 0.257. The van der Waals surface area contributed by atoms with Crippen LogP contribution < -0.4 is 0 Å². The van der Waals surface area contributed by atoms with E-state index in [0.29, 0.717) is 18.4 Å². The summed E-state index contributed by atoms with van der Waals surface area (Å²) in [6, 6.07) is 2.46. The third kappa shape index (κ3) is 1.53. The summed E-state index contributed by atoms with van der Waals surface area (Å²) in [5.41, 5.74) is -0.384. The maximum absolute atomic E-state index is 12.7. The van der Waals surface area contributed by atoms with Crippen molar-refractivity contribution in [1.82, 2.24) is 0 Å². The van der Waals surface area contributed by atoms with Crippen molar-refractivity contribution < 1.29 is 19.7 Å². The molecule has 1 aliphatic carbocycles. The van der Waals surface area contributed by atoms with E-state index in [1.807, 2.05) is 0 Å². The molecule has 1 aliphatic rings. The minimum atomic E-state index is -0.853. The molecule has 0 saturated heterocycles. The monoisotopic (exact) mass is 198 g/mol. The lowest BCUT2D eigenvalue weighted by Crippen LogP contribution is -2.10. The van der Waals surface area contributed by atoms with Crippen LogP contribution in [0.4, 0.5) is 4.39 Å². The Morgan fingerprint density at radius 1 is 1.21 bits per heavy atom. The zero-order valence-electron chi connectivity index (χ0n) is 7.50. The first kappa shape index (κ1) is 9.27. The highest BCUT2D eigenvalue weighted by Gasteiger charge is 2.41. The van der Waals surface area contributed by atoms with E-state index in [9.17, 15) is 14.6 Å². The molecule has 14 heavy (non-hydrogen) atoms. The standard InChI is InChI=1S/C10H11FO3/c11-7-2-1-6(8(12)9(7)13)5-10(14)3-4-10/h1-2,12-14H,3-5H2. The molecule has 0 amide bonds. The van der Waals surface area contributed by atoms with Gasteiger partial charge in [-0.3, -0.25) is 0 Å². The summed E-state index contributed by atoms with van der Waals surface area (Å²) in [5.74, 6) is -2.06. The largest absolute Gasteiger partial charge is 0.504 e. The zero-order chi connectivity index (χ0) is 10.3. The first-order valence-electron chi connectivity index (χ1n) is 4.43. The lowest BCUT2D eigenvalue weighted by molar-refractivity contribution is 0.149. The fourth-order valence-corrected chi connectivity index (χ4v) is 1.42. The number of phenolic OH excluding ortho intramolecular Hbond substituents is 2. The third-order valence-corrected chi connectivity index (χ3v) is 2.53. The average Bonchev–Trinajstić information content (AvgIpc) is 2.86. The molecule has 3 nitrogen and oxygen atoms in total. The van der Waals surface area contributed by atoms with E-state index < -0.39 is 22.9 Å². The Labute approximate surface area is 80.4 Å². The highest BCUT2D eigenvalue weighted by Crippen LogP contribution is 2.42. The maximum Gasteiger partial charge on any atom is 0.194 e. The molecule has 0 spiro atoms. The van der Waals surface area contributed by atoms with Crippen LogP contribution in [0.5, 0.6) is 11.5 Å². The van der Waals surface area contributed by atoms with Crippen LogP contribution in [-0.4, -0.2) is 20.9 Å². The fraction of sp³-hybridized carbons (Fsp3) is 0.400. The second kappa shape index (κ2) is 2.85. The van der Waals surface area contributed by atoms with Gasteiger partial charge < -0.3 is 15.3 Å². The van der Waals surface area contributed by atoms with Crippen molar-refractivity contribution in [3.63, 3.8) is 0 Å². The Morgan fingerprint density at radius 3 is 2.43 bits per heavy atom. The van der Waals surface area contributed by atoms with Crippen molar-refractivity contribution in [1.29, 1.82) is 0 Å². The molecule has 1 saturated carbocycles. The van der Waals surface area contributed by atoms with Gasteiger partial charge in [0.2, 0.25) is 0 Å². The van der Waals surface area contributed by atoms with E-state index >= 15 is 0 Å². The SMILES string of the molecule is Oc1c(F)ccc(CC2(O)CC2)c1O. The Morgan fingerprint density at radius 2 is 1.86 bits per heavy atom. The Kier molecular flexibility index (Phi) is 1.89. The molecule has 0 bridgehead atoms. The molecule has 0 aliphatic heterocycles. The minimum Gasteiger partial charge on any atom is -0.504 e. The van der Waals surface area contributed by atoms with Crippen LogP contribution in [0.25, 0.3) is 0 Å². The maximum atomic E-state index is 12.7. The van der Waals surface area contributed by atoms with Crippen LogP contribution in [0, 0.1) is 5.82 Å². The van der Waals surface area contributed by atoms with E-state index in [1.165, 1.54) is 6.07 Å². The van der Waals surface area contributed by atoms with Gasteiger partial charge in [0.1, 0.15) is 0 Å². The number of aliphatic hydroxyl groups is 1. The second-order valence-electron chi connectivity index (χ2n) is 3.80. The predicted molar refractivity (Wildman–Crippen MR) is 47.6 cm³/mol. The summed E-state index contributed by atoms with van der Waals surface area (Å²) in [6.45, 7) is 0. The molecule has 0 unspecified atom stereocenters. The first-order valence-corrected chi connectivity index (χ1v) is 4.43. The van der Waals surface area contributed by atoms with Gasteiger partial charge in [-0.05, 0) is 18.9 Å². The number of rotatable bonds is 2. The highest BCUT2D eigenvalue weighted by atomic mass is 19.1. The van der Waals surface area contributed by atoms with Gasteiger partial charge in [0.25, 0.3) is 0 Å². The van der Waals surface area contributed by atoms with Crippen LogP contribution in [0.2, 0.25) is 0 Å². The van der Waals surface area contributed by atoms with Gasteiger partial charge in [-0.1, -0.05) is 6.07 Å². The van der Waals surface area contributed by atoms with E-state index in [-0.39, 0.29) is 6.42 Å². The summed E-state index contributed by atoms with van der Waals surface area (Å²) < 4.78 is 12.7. The Bertz CT molecular complexity index is 372. The highest BCUT2D eigenvalue weighted by molar-refractivity contribution is 5.46. The van der Waals surface area contributed by atoms with E-state index in [4.69, 9.17) is 5.11 Å². The van der Waals surface area contributed by atoms with E-state index in [1.54, 1.807) is 0 Å². The van der Waals surface area contributed by atoms with Gasteiger partial charge in [0.05, 0.1) is 5.60 Å². The molecule has 2 rings (SSSR count). The molecule has 1 aromatic carbocycles. The Balaban J connectivity index is 2.30. The Hall–Kier alpha value is -1.29. The van der Waals surface area contributed by atoms with Crippen molar-refractivity contribution in [3.05, 3.63) is 23.5 Å². The van der Waals surface area contributed by atoms with Gasteiger partial charge in [0, 0.05) is 12.0 Å². The van der Waals surface area contributed by atoms with Crippen LogP contribution >= 0.6 is 0 Å². The predicted octanol–water partition coefficient (Wildman–Crippen LogP) is 1.30. The van der Waals surface area contributed by atoms with Crippen LogP contribution in [0.15, 0.2) is 12.1 Å². The van der Waals surface area contributed by atoms with E-state index in [2.05, 4.69) is 0 Å². The summed E-state index contributed by atoms with van der Waals surface area (Å²) in [7, 11) is 0. The van der Waals surface area contributed by atoms with Crippen molar-refractivity contribution in [2.75, 3.05) is 0 Å². The van der Waals surface area contributed by atoms with Gasteiger partial charge in [-0.25, -0.2) is 4.39 Å². The number of phenols is 2. The first-order chi connectivity index (χ1) is 6.52. The topological polar surface area (TPSA) is 60.7 Å². The van der Waals surface area contributed by atoms with Crippen LogP contribution in [0.1, 0.15) is 18.4 Å². The number of hydrogen-bond acceptors (Lipinski definition) is 3. The van der Waals surface area contributed by atoms with Gasteiger partial charge in [-0.2, -0.15) is 0 Å². The van der Waals surface area contributed by atoms with Gasteiger partial charge in [0.15, 0.2) is 17.3 Å². The number of aromatic hydroxyl groups is 2. The van der Waals surface area contributed by atoms with Crippen molar-refractivity contribution in [2.24, 2.45) is 0 Å². The molecule has 3 N–H and O–H groups in total. The second-order valence-corrected chi connectivity index (χ2v) is 3.80. The molecule has 1 aromatic rings.